The van der Waals surface area contributed by atoms with E-state index in [1.165, 1.54) is 12.1 Å². The van der Waals surface area contributed by atoms with Crippen molar-refractivity contribution >= 4 is 5.91 Å². The first-order chi connectivity index (χ1) is 10.1. The summed E-state index contributed by atoms with van der Waals surface area (Å²) < 4.78 is 13.1. The van der Waals surface area contributed by atoms with Crippen molar-refractivity contribution in [3.05, 3.63) is 65.7 Å². The van der Waals surface area contributed by atoms with Gasteiger partial charge < -0.3 is 5.32 Å². The zero-order valence-electron chi connectivity index (χ0n) is 12.2. The fourth-order valence-electron chi connectivity index (χ4n) is 2.20. The molecule has 0 saturated heterocycles. The molecule has 0 aliphatic heterocycles. The molecule has 1 aromatic heterocycles. The molecule has 1 heterocycles. The Kier molecular flexibility index (Phi) is 5.04. The van der Waals surface area contributed by atoms with Crippen LogP contribution in [0.2, 0.25) is 0 Å². The van der Waals surface area contributed by atoms with Gasteiger partial charge in [0.25, 0.3) is 0 Å². The Morgan fingerprint density at radius 1 is 1.24 bits per heavy atom. The minimum Gasteiger partial charge on any atom is -0.347 e. The summed E-state index contributed by atoms with van der Waals surface area (Å²) in [5.41, 5.74) is 1.50. The largest absolute Gasteiger partial charge is 0.347 e. The molecule has 0 aliphatic carbocycles. The molecular formula is C17H19FN2O. The van der Waals surface area contributed by atoms with Crippen molar-refractivity contribution in [2.75, 3.05) is 0 Å². The Hall–Kier alpha value is -2.23. The van der Waals surface area contributed by atoms with Crippen LogP contribution in [-0.2, 0) is 11.2 Å². The summed E-state index contributed by atoms with van der Waals surface area (Å²) in [5, 5.41) is 2.98. The van der Waals surface area contributed by atoms with Crippen LogP contribution >= 0.6 is 0 Å². The van der Waals surface area contributed by atoms with Gasteiger partial charge in [-0.3, -0.25) is 9.78 Å². The van der Waals surface area contributed by atoms with Crippen molar-refractivity contribution in [2.45, 2.75) is 26.3 Å². The van der Waals surface area contributed by atoms with Crippen LogP contribution in [0.3, 0.4) is 0 Å². The first-order valence-electron chi connectivity index (χ1n) is 7.01. The molecule has 2 aromatic rings. The van der Waals surface area contributed by atoms with Crippen molar-refractivity contribution in [3.8, 4) is 0 Å². The second kappa shape index (κ2) is 6.97. The summed E-state index contributed by atoms with van der Waals surface area (Å²) in [5.74, 6) is -0.244. The molecule has 1 amide bonds. The highest BCUT2D eigenvalue weighted by atomic mass is 19.1. The van der Waals surface area contributed by atoms with E-state index >= 15 is 0 Å². The first-order valence-corrected chi connectivity index (χ1v) is 7.01. The number of carbonyl (C=O) groups is 1. The molecule has 1 unspecified atom stereocenters. The molecule has 110 valence electrons. The Morgan fingerprint density at radius 2 is 2.05 bits per heavy atom. The van der Waals surface area contributed by atoms with Crippen molar-refractivity contribution in [1.82, 2.24) is 10.3 Å². The van der Waals surface area contributed by atoms with E-state index < -0.39 is 0 Å². The van der Waals surface area contributed by atoms with Crippen LogP contribution in [0.5, 0.6) is 0 Å². The average Bonchev–Trinajstić information content (AvgIpc) is 2.45. The summed E-state index contributed by atoms with van der Waals surface area (Å²) in [4.78, 5) is 16.5. The van der Waals surface area contributed by atoms with E-state index in [9.17, 15) is 9.18 Å². The lowest BCUT2D eigenvalue weighted by molar-refractivity contribution is -0.121. The molecule has 0 fully saturated rings. The van der Waals surface area contributed by atoms with E-state index in [0.717, 1.165) is 5.69 Å². The number of rotatable bonds is 5. The van der Waals surface area contributed by atoms with Crippen LogP contribution in [0.15, 0.2) is 48.7 Å². The number of carbonyl (C=O) groups excluding carboxylic acids is 1. The fraction of sp³-hybridized carbons (Fsp3) is 0.294. The van der Waals surface area contributed by atoms with Gasteiger partial charge in [0.1, 0.15) is 5.82 Å². The second-order valence-corrected chi connectivity index (χ2v) is 5.35. The molecule has 4 heteroatoms. The number of hydrogen-bond donors (Lipinski definition) is 1. The van der Waals surface area contributed by atoms with Gasteiger partial charge in [0.2, 0.25) is 5.91 Å². The zero-order chi connectivity index (χ0) is 15.2. The normalized spacial score (nSPS) is 12.2. The predicted molar refractivity (Wildman–Crippen MR) is 80.1 cm³/mol. The summed E-state index contributed by atoms with van der Waals surface area (Å²) >= 11 is 0. The third-order valence-electron chi connectivity index (χ3n) is 3.24. The van der Waals surface area contributed by atoms with Gasteiger partial charge in [0.15, 0.2) is 0 Å². The Balaban J connectivity index is 2.05. The number of pyridine rings is 1. The lowest BCUT2D eigenvalue weighted by Crippen LogP contribution is -2.33. The zero-order valence-corrected chi connectivity index (χ0v) is 12.2. The molecule has 3 nitrogen and oxygen atoms in total. The maximum Gasteiger partial charge on any atom is 0.224 e. The topological polar surface area (TPSA) is 42.0 Å². The third-order valence-corrected chi connectivity index (χ3v) is 3.24. The number of nitrogens with one attached hydrogen (secondary N) is 1. The van der Waals surface area contributed by atoms with Crippen molar-refractivity contribution in [1.29, 1.82) is 0 Å². The molecule has 0 spiro atoms. The van der Waals surface area contributed by atoms with E-state index in [-0.39, 0.29) is 30.1 Å². The van der Waals surface area contributed by atoms with Crippen molar-refractivity contribution < 1.29 is 9.18 Å². The quantitative estimate of drug-likeness (QED) is 0.916. The van der Waals surface area contributed by atoms with E-state index in [1.807, 2.05) is 32.0 Å². The van der Waals surface area contributed by atoms with Crippen LogP contribution < -0.4 is 5.32 Å². The SMILES string of the molecule is CC(C)C(NC(=O)Cc1cccc(F)c1)c1ccccn1. The molecule has 2 rings (SSSR count). The fourth-order valence-corrected chi connectivity index (χ4v) is 2.20. The Morgan fingerprint density at radius 3 is 2.67 bits per heavy atom. The van der Waals surface area contributed by atoms with E-state index in [0.29, 0.717) is 5.56 Å². The van der Waals surface area contributed by atoms with Crippen LogP contribution in [0.25, 0.3) is 0 Å². The molecule has 0 aliphatic rings. The molecule has 21 heavy (non-hydrogen) atoms. The number of nitrogens with zero attached hydrogens (tertiary/aromatic N) is 1. The van der Waals surface area contributed by atoms with Gasteiger partial charge in [0, 0.05) is 6.20 Å². The number of halogens is 1. The van der Waals surface area contributed by atoms with E-state index in [1.54, 1.807) is 18.3 Å². The summed E-state index contributed by atoms with van der Waals surface area (Å²) in [6.45, 7) is 4.06. The minimum absolute atomic E-state index is 0.134. The summed E-state index contributed by atoms with van der Waals surface area (Å²) in [6.07, 6.45) is 1.87. The molecule has 1 aromatic carbocycles. The third kappa shape index (κ3) is 4.38. The Bertz CT molecular complexity index is 599. The molecular weight excluding hydrogens is 267 g/mol. The number of amides is 1. The van der Waals surface area contributed by atoms with Gasteiger partial charge in [0.05, 0.1) is 18.2 Å². The van der Waals surface area contributed by atoms with Gasteiger partial charge in [-0.2, -0.15) is 0 Å². The van der Waals surface area contributed by atoms with Crippen LogP contribution in [0.4, 0.5) is 4.39 Å². The number of benzene rings is 1. The minimum atomic E-state index is -0.328. The maximum absolute atomic E-state index is 13.1. The van der Waals surface area contributed by atoms with Gasteiger partial charge >= 0.3 is 0 Å². The van der Waals surface area contributed by atoms with Crippen LogP contribution in [0, 0.1) is 11.7 Å². The van der Waals surface area contributed by atoms with E-state index in [4.69, 9.17) is 0 Å². The summed E-state index contributed by atoms with van der Waals surface area (Å²) in [7, 11) is 0. The Labute approximate surface area is 124 Å². The van der Waals surface area contributed by atoms with Gasteiger partial charge in [-0.05, 0) is 35.7 Å². The monoisotopic (exact) mass is 286 g/mol. The highest BCUT2D eigenvalue weighted by Crippen LogP contribution is 2.19. The van der Waals surface area contributed by atoms with E-state index in [2.05, 4.69) is 10.3 Å². The molecule has 0 bridgehead atoms. The molecule has 1 atom stereocenters. The molecule has 1 N–H and O–H groups in total. The molecule has 0 saturated carbocycles. The summed E-state index contributed by atoms with van der Waals surface area (Å²) in [6, 6.07) is 11.6. The van der Waals surface area contributed by atoms with Crippen LogP contribution in [-0.4, -0.2) is 10.9 Å². The van der Waals surface area contributed by atoms with Crippen molar-refractivity contribution in [3.63, 3.8) is 0 Å². The smallest absolute Gasteiger partial charge is 0.224 e. The second-order valence-electron chi connectivity index (χ2n) is 5.35. The lowest BCUT2D eigenvalue weighted by Gasteiger charge is -2.22. The van der Waals surface area contributed by atoms with Gasteiger partial charge in [-0.25, -0.2) is 4.39 Å². The lowest BCUT2D eigenvalue weighted by atomic mass is 10.00. The molecule has 0 radical (unpaired) electrons. The average molecular weight is 286 g/mol. The first kappa shape index (κ1) is 15.2. The van der Waals surface area contributed by atoms with Gasteiger partial charge in [-0.1, -0.05) is 32.0 Å². The van der Waals surface area contributed by atoms with Crippen LogP contribution in [0.1, 0.15) is 31.1 Å². The predicted octanol–water partition coefficient (Wildman–Crippen LogP) is 3.28. The number of hydrogen-bond acceptors (Lipinski definition) is 2. The highest BCUT2D eigenvalue weighted by molar-refractivity contribution is 5.79. The standard InChI is InChI=1S/C17H19FN2O/c1-12(2)17(15-8-3-4-9-19-15)20-16(21)11-13-6-5-7-14(18)10-13/h3-10,12,17H,11H2,1-2H3,(H,20,21). The maximum atomic E-state index is 13.1. The van der Waals surface area contributed by atoms with Gasteiger partial charge in [-0.15, -0.1) is 0 Å². The number of aromatic nitrogens is 1. The van der Waals surface area contributed by atoms with Crippen molar-refractivity contribution in [2.24, 2.45) is 5.92 Å². The highest BCUT2D eigenvalue weighted by Gasteiger charge is 2.19.